The van der Waals surface area contributed by atoms with Gasteiger partial charge in [-0.2, -0.15) is 0 Å². The van der Waals surface area contributed by atoms with Crippen LogP contribution in [0, 0.1) is 5.92 Å². The highest BCUT2D eigenvalue weighted by molar-refractivity contribution is 6.10. The van der Waals surface area contributed by atoms with Crippen molar-refractivity contribution in [3.63, 3.8) is 0 Å². The normalized spacial score (nSPS) is 22.2. The molecule has 1 rings (SSSR count). The minimum absolute atomic E-state index is 0.124. The summed E-state index contributed by atoms with van der Waals surface area (Å²) in [6.07, 6.45) is 3.46. The molecule has 0 amide bonds. The van der Waals surface area contributed by atoms with E-state index < -0.39 is 24.1 Å². The molecule has 1 aliphatic carbocycles. The minimum atomic E-state index is -1.01. The Morgan fingerprint density at radius 1 is 1.50 bits per heavy atom. The van der Waals surface area contributed by atoms with Gasteiger partial charge < -0.3 is 10.2 Å². The number of ketones is 2. The van der Waals surface area contributed by atoms with Crippen LogP contribution in [0.4, 0.5) is 0 Å². The topological polar surface area (TPSA) is 74.6 Å². The van der Waals surface area contributed by atoms with Crippen molar-refractivity contribution in [3.05, 3.63) is 24.0 Å². The maximum absolute atomic E-state index is 11.0. The Balaban J connectivity index is 2.84. The molecule has 2 N–H and O–H groups in total. The fourth-order valence-corrected chi connectivity index (χ4v) is 0.930. The van der Waals surface area contributed by atoms with Crippen molar-refractivity contribution in [1.29, 1.82) is 0 Å². The first-order valence-electron chi connectivity index (χ1n) is 3.41. The van der Waals surface area contributed by atoms with Crippen molar-refractivity contribution >= 4 is 11.6 Å². The highest BCUT2D eigenvalue weighted by Gasteiger charge is 2.24. The molecule has 1 unspecified atom stereocenters. The van der Waals surface area contributed by atoms with E-state index in [2.05, 4.69) is 0 Å². The van der Waals surface area contributed by atoms with Crippen LogP contribution in [0.25, 0.3) is 0 Å². The second-order valence-corrected chi connectivity index (χ2v) is 2.43. The molecule has 0 spiro atoms. The third kappa shape index (κ3) is 1.60. The Morgan fingerprint density at radius 2 is 2.17 bits per heavy atom. The zero-order valence-corrected chi connectivity index (χ0v) is 6.23. The molecule has 0 aromatic carbocycles. The van der Waals surface area contributed by atoms with E-state index in [9.17, 15) is 9.59 Å². The minimum Gasteiger partial charge on any atom is -0.508 e. The second kappa shape index (κ2) is 3.32. The first-order valence-corrected chi connectivity index (χ1v) is 3.41. The Morgan fingerprint density at radius 3 is 2.75 bits per heavy atom. The maximum atomic E-state index is 11.0. The van der Waals surface area contributed by atoms with Crippen LogP contribution in [-0.2, 0) is 9.59 Å². The van der Waals surface area contributed by atoms with E-state index in [0.717, 1.165) is 12.2 Å². The van der Waals surface area contributed by atoms with Gasteiger partial charge in [0.05, 0.1) is 0 Å². The average Bonchev–Trinajstić information content (AvgIpc) is 2.08. The quantitative estimate of drug-likeness (QED) is 0.557. The number of hydrogen-bond acceptors (Lipinski definition) is 4. The summed E-state index contributed by atoms with van der Waals surface area (Å²) in [6, 6.07) is 0. The van der Waals surface area contributed by atoms with E-state index in [1.54, 1.807) is 0 Å². The Kier molecular flexibility index (Phi) is 2.40. The van der Waals surface area contributed by atoms with Crippen LogP contribution in [0.5, 0.6) is 0 Å². The molecule has 0 aromatic heterocycles. The Bertz CT molecular complexity index is 275. The Hall–Kier alpha value is -1.42. The first-order chi connectivity index (χ1) is 5.65. The molecule has 1 atom stereocenters. The highest BCUT2D eigenvalue weighted by Crippen LogP contribution is 2.12. The summed E-state index contributed by atoms with van der Waals surface area (Å²) in [5.41, 5.74) is 0. The van der Waals surface area contributed by atoms with Crippen molar-refractivity contribution in [2.45, 2.75) is 0 Å². The van der Waals surface area contributed by atoms with Gasteiger partial charge in [0, 0.05) is 0 Å². The molecule has 12 heavy (non-hydrogen) atoms. The molecule has 4 nitrogen and oxygen atoms in total. The number of Topliss-reactive ketones (excluding diaryl/α,β-unsaturated/α-hetero) is 1. The summed E-state index contributed by atoms with van der Waals surface area (Å²) < 4.78 is 0. The third-order valence-electron chi connectivity index (χ3n) is 1.57. The lowest BCUT2D eigenvalue weighted by molar-refractivity contribution is -0.130. The Labute approximate surface area is 68.8 Å². The van der Waals surface area contributed by atoms with Gasteiger partial charge in [0.2, 0.25) is 0 Å². The van der Waals surface area contributed by atoms with Crippen molar-refractivity contribution in [3.8, 4) is 0 Å². The molecule has 0 aromatic rings. The van der Waals surface area contributed by atoms with Crippen molar-refractivity contribution in [2.75, 3.05) is 6.61 Å². The lowest BCUT2D eigenvalue weighted by Crippen LogP contribution is -2.25. The number of allylic oxidation sites excluding steroid dienone is 3. The highest BCUT2D eigenvalue weighted by atomic mass is 16.3. The summed E-state index contributed by atoms with van der Waals surface area (Å²) in [5.74, 6) is -2.15. The molecular weight excluding hydrogens is 160 g/mol. The van der Waals surface area contributed by atoms with Crippen LogP contribution in [0.3, 0.4) is 0 Å². The number of rotatable bonds is 2. The number of carbonyl (C=O) groups is 2. The van der Waals surface area contributed by atoms with Gasteiger partial charge in [-0.1, -0.05) is 0 Å². The van der Waals surface area contributed by atoms with Crippen LogP contribution >= 0.6 is 0 Å². The molecule has 64 valence electrons. The molecule has 0 aliphatic heterocycles. The van der Waals surface area contributed by atoms with Crippen LogP contribution in [-0.4, -0.2) is 28.4 Å². The molecule has 0 heterocycles. The largest absolute Gasteiger partial charge is 0.508 e. The fourth-order valence-electron chi connectivity index (χ4n) is 0.930. The van der Waals surface area contributed by atoms with Crippen molar-refractivity contribution in [2.24, 2.45) is 5.92 Å². The van der Waals surface area contributed by atoms with E-state index in [1.165, 1.54) is 6.08 Å². The SMILES string of the molecule is O=C1C=CC(O)=CC1C(=O)CO. The van der Waals surface area contributed by atoms with Crippen LogP contribution in [0.15, 0.2) is 24.0 Å². The zero-order chi connectivity index (χ0) is 9.14. The van der Waals surface area contributed by atoms with Crippen molar-refractivity contribution < 1.29 is 19.8 Å². The van der Waals surface area contributed by atoms with Gasteiger partial charge >= 0.3 is 0 Å². The van der Waals surface area contributed by atoms with E-state index in [4.69, 9.17) is 10.2 Å². The number of hydrogen-bond donors (Lipinski definition) is 2. The van der Waals surface area contributed by atoms with Crippen LogP contribution in [0.1, 0.15) is 0 Å². The summed E-state index contributed by atoms with van der Waals surface area (Å²) in [5, 5.41) is 17.4. The molecular formula is C8H8O4. The number of aliphatic hydroxyl groups excluding tert-OH is 2. The predicted octanol–water partition coefficient (Wildman–Crippen LogP) is -0.255. The van der Waals surface area contributed by atoms with Crippen LogP contribution in [0.2, 0.25) is 0 Å². The molecule has 0 radical (unpaired) electrons. The second-order valence-electron chi connectivity index (χ2n) is 2.43. The standard InChI is InChI=1S/C8H8O4/c9-4-8(12)6-3-5(10)1-2-7(6)11/h1-3,6,9-10H,4H2. The molecule has 0 saturated carbocycles. The molecule has 1 aliphatic rings. The van der Waals surface area contributed by atoms with Gasteiger partial charge in [-0.05, 0) is 18.2 Å². The van der Waals surface area contributed by atoms with Gasteiger partial charge in [-0.15, -0.1) is 0 Å². The van der Waals surface area contributed by atoms with E-state index in [-0.39, 0.29) is 5.76 Å². The maximum Gasteiger partial charge on any atom is 0.172 e. The van der Waals surface area contributed by atoms with Gasteiger partial charge in [0.15, 0.2) is 11.6 Å². The van der Waals surface area contributed by atoms with Crippen molar-refractivity contribution in [1.82, 2.24) is 0 Å². The van der Waals surface area contributed by atoms with Crippen LogP contribution < -0.4 is 0 Å². The first kappa shape index (κ1) is 8.67. The van der Waals surface area contributed by atoms with E-state index >= 15 is 0 Å². The monoisotopic (exact) mass is 168 g/mol. The lowest BCUT2D eigenvalue weighted by Gasteiger charge is -2.09. The fraction of sp³-hybridized carbons (Fsp3) is 0.250. The lowest BCUT2D eigenvalue weighted by atomic mass is 9.94. The number of carbonyl (C=O) groups excluding carboxylic acids is 2. The zero-order valence-electron chi connectivity index (χ0n) is 6.23. The third-order valence-corrected chi connectivity index (χ3v) is 1.57. The molecule has 4 heteroatoms. The summed E-state index contributed by atoms with van der Waals surface area (Å²) in [6.45, 7) is -0.686. The molecule has 0 bridgehead atoms. The van der Waals surface area contributed by atoms with E-state index in [0.29, 0.717) is 0 Å². The molecule has 0 saturated heterocycles. The average molecular weight is 168 g/mol. The summed E-state index contributed by atoms with van der Waals surface area (Å²) in [7, 11) is 0. The molecule has 0 fully saturated rings. The smallest absolute Gasteiger partial charge is 0.172 e. The summed E-state index contributed by atoms with van der Waals surface area (Å²) >= 11 is 0. The van der Waals surface area contributed by atoms with Gasteiger partial charge in [0.1, 0.15) is 18.3 Å². The van der Waals surface area contributed by atoms with Gasteiger partial charge in [-0.3, -0.25) is 9.59 Å². The van der Waals surface area contributed by atoms with Gasteiger partial charge in [0.25, 0.3) is 0 Å². The number of aliphatic hydroxyl groups is 2. The predicted molar refractivity (Wildman–Crippen MR) is 40.4 cm³/mol. The summed E-state index contributed by atoms with van der Waals surface area (Å²) in [4.78, 5) is 21.8. The van der Waals surface area contributed by atoms with E-state index in [1.807, 2.05) is 0 Å². The van der Waals surface area contributed by atoms with Gasteiger partial charge in [-0.25, -0.2) is 0 Å².